The van der Waals surface area contributed by atoms with Crippen LogP contribution in [-0.2, 0) is 23.7 Å². The Hall–Kier alpha value is -0.400. The van der Waals surface area contributed by atoms with Crippen LogP contribution in [0.15, 0.2) is 0 Å². The lowest BCUT2D eigenvalue weighted by Gasteiger charge is -2.16. The molecular weight excluding hydrogens is 400 g/mol. The first-order valence-corrected chi connectivity index (χ1v) is 10.6. The molecule has 0 aromatic heterocycles. The largest absolute Gasteiger partial charge is 0.387 e. The van der Waals surface area contributed by atoms with Crippen molar-refractivity contribution in [3.8, 4) is 0 Å². The number of aliphatic hydroxyl groups is 5. The van der Waals surface area contributed by atoms with Crippen molar-refractivity contribution in [2.24, 2.45) is 0 Å². The first kappa shape index (κ1) is 27.6. The van der Waals surface area contributed by atoms with Crippen molar-refractivity contribution >= 4 is 0 Å². The van der Waals surface area contributed by atoms with E-state index in [9.17, 15) is 10.2 Å². The first-order valence-electron chi connectivity index (χ1n) is 10.6. The molecule has 3 fully saturated rings. The molecule has 5 N–H and O–H groups in total. The van der Waals surface area contributed by atoms with Crippen molar-refractivity contribution in [3.05, 3.63) is 0 Å². The third-order valence-corrected chi connectivity index (χ3v) is 5.22. The molecule has 0 radical (unpaired) electrons. The Kier molecular flexibility index (Phi) is 11.6. The van der Waals surface area contributed by atoms with Gasteiger partial charge in [0.05, 0.1) is 24.9 Å². The van der Waals surface area contributed by atoms with Gasteiger partial charge in [0.25, 0.3) is 0 Å². The molecule has 3 saturated heterocycles. The minimum Gasteiger partial charge on any atom is -0.387 e. The molecule has 0 aliphatic carbocycles. The molecule has 0 saturated carbocycles. The Morgan fingerprint density at radius 3 is 1.57 bits per heavy atom. The van der Waals surface area contributed by atoms with Crippen molar-refractivity contribution in [1.82, 2.24) is 0 Å². The van der Waals surface area contributed by atoms with Crippen molar-refractivity contribution in [3.63, 3.8) is 0 Å². The Morgan fingerprint density at radius 2 is 1.33 bits per heavy atom. The van der Waals surface area contributed by atoms with E-state index in [1.54, 1.807) is 0 Å². The summed E-state index contributed by atoms with van der Waals surface area (Å²) < 4.78 is 25.5. The van der Waals surface area contributed by atoms with E-state index in [-0.39, 0.29) is 11.9 Å². The van der Waals surface area contributed by atoms with Crippen LogP contribution in [0.3, 0.4) is 0 Å². The molecule has 0 bridgehead atoms. The number of methoxy groups -OCH3 is 1. The predicted octanol–water partition coefficient (Wildman–Crippen LogP) is -0.127. The number of ether oxygens (including phenoxy) is 5. The summed E-state index contributed by atoms with van der Waals surface area (Å²) >= 11 is 0. The summed E-state index contributed by atoms with van der Waals surface area (Å²) in [4.78, 5) is 0. The topological polar surface area (TPSA) is 147 Å². The Labute approximate surface area is 178 Å². The monoisotopic (exact) mass is 440 g/mol. The van der Waals surface area contributed by atoms with Crippen LogP contribution in [0.1, 0.15) is 53.9 Å². The van der Waals surface area contributed by atoms with Gasteiger partial charge in [-0.25, -0.2) is 0 Å². The average molecular weight is 441 g/mol. The van der Waals surface area contributed by atoms with E-state index in [1.165, 1.54) is 7.11 Å². The lowest BCUT2D eigenvalue weighted by atomic mass is 10.1. The van der Waals surface area contributed by atoms with Gasteiger partial charge in [0.15, 0.2) is 18.4 Å². The molecule has 3 aliphatic heterocycles. The van der Waals surface area contributed by atoms with E-state index < -0.39 is 43.1 Å². The van der Waals surface area contributed by atoms with Gasteiger partial charge in [0, 0.05) is 7.11 Å². The maximum Gasteiger partial charge on any atom is 0.186 e. The van der Waals surface area contributed by atoms with Gasteiger partial charge < -0.3 is 49.2 Å². The smallest absolute Gasteiger partial charge is 0.186 e. The first-order chi connectivity index (χ1) is 14.0. The summed E-state index contributed by atoms with van der Waals surface area (Å²) in [6.45, 7) is 10.5. The highest BCUT2D eigenvalue weighted by Gasteiger charge is 2.42. The van der Waals surface area contributed by atoms with Gasteiger partial charge in [-0.05, 0) is 33.1 Å². The van der Waals surface area contributed by atoms with E-state index in [4.69, 9.17) is 39.0 Å². The number of hydrogen-bond acceptors (Lipinski definition) is 10. The van der Waals surface area contributed by atoms with Crippen LogP contribution in [0.5, 0.6) is 0 Å². The van der Waals surface area contributed by atoms with Crippen LogP contribution in [-0.4, -0.2) is 100 Å². The molecule has 9 atom stereocenters. The predicted molar refractivity (Wildman–Crippen MR) is 106 cm³/mol. The fourth-order valence-corrected chi connectivity index (χ4v) is 3.28. The zero-order chi connectivity index (χ0) is 23.1. The van der Waals surface area contributed by atoms with E-state index in [2.05, 4.69) is 6.92 Å². The molecule has 180 valence electrons. The maximum absolute atomic E-state index is 9.30. The second-order valence-corrected chi connectivity index (χ2v) is 7.98. The van der Waals surface area contributed by atoms with Crippen molar-refractivity contribution < 1.29 is 49.2 Å². The third-order valence-electron chi connectivity index (χ3n) is 5.22. The summed E-state index contributed by atoms with van der Waals surface area (Å²) in [5.74, 6) is -0.333. The quantitative estimate of drug-likeness (QED) is 0.400. The van der Waals surface area contributed by atoms with E-state index in [0.29, 0.717) is 18.9 Å². The average Bonchev–Trinajstić information content (AvgIpc) is 3.31. The molecule has 0 amide bonds. The zero-order valence-corrected chi connectivity index (χ0v) is 18.8. The molecule has 3 heterocycles. The Bertz CT molecular complexity index is 459. The minimum absolute atomic E-state index is 0.296. The minimum atomic E-state index is -1.22. The van der Waals surface area contributed by atoms with E-state index in [1.807, 2.05) is 27.7 Å². The maximum atomic E-state index is 9.30. The van der Waals surface area contributed by atoms with Crippen LogP contribution >= 0.6 is 0 Å². The van der Waals surface area contributed by atoms with Crippen LogP contribution in [0.25, 0.3) is 0 Å². The summed E-state index contributed by atoms with van der Waals surface area (Å²) in [7, 11) is 1.44. The lowest BCUT2D eigenvalue weighted by Crippen LogP contribution is -2.32. The van der Waals surface area contributed by atoms with Crippen LogP contribution in [0.4, 0.5) is 0 Å². The molecule has 0 spiro atoms. The summed E-state index contributed by atoms with van der Waals surface area (Å²) in [6.07, 6.45) is -3.80. The van der Waals surface area contributed by atoms with Gasteiger partial charge in [0.2, 0.25) is 0 Å². The summed E-state index contributed by atoms with van der Waals surface area (Å²) in [5.41, 5.74) is 0. The Balaban J connectivity index is 0.000000226. The molecule has 3 aliphatic rings. The molecule has 0 aromatic carbocycles. The number of aliphatic hydroxyl groups excluding tert-OH is 5. The third kappa shape index (κ3) is 7.63. The van der Waals surface area contributed by atoms with Gasteiger partial charge in [0.1, 0.15) is 24.4 Å². The highest BCUT2D eigenvalue weighted by Crippen LogP contribution is 2.24. The van der Waals surface area contributed by atoms with Crippen LogP contribution < -0.4 is 0 Å². The Morgan fingerprint density at radius 1 is 0.800 bits per heavy atom. The normalized spacial score (nSPS) is 42.3. The SMILES string of the molecule is CCC1OC(OC)[C@H](O)[C@@H]1O.CCC1O[C@H](O)[C@H](O)[C@@H]1O.CC[C@H]1COC(C)(C)O1. The molecule has 3 unspecified atom stereocenters. The molecule has 10 heteroatoms. The highest BCUT2D eigenvalue weighted by molar-refractivity contribution is 4.85. The summed E-state index contributed by atoms with van der Waals surface area (Å²) in [6, 6.07) is 0. The van der Waals surface area contributed by atoms with Crippen molar-refractivity contribution in [2.75, 3.05) is 13.7 Å². The molecule has 30 heavy (non-hydrogen) atoms. The fourth-order valence-electron chi connectivity index (χ4n) is 3.28. The fraction of sp³-hybridized carbons (Fsp3) is 1.00. The molecular formula is C20H40O10. The highest BCUT2D eigenvalue weighted by atomic mass is 16.7. The second kappa shape index (κ2) is 12.6. The number of hydrogen-bond donors (Lipinski definition) is 5. The summed E-state index contributed by atoms with van der Waals surface area (Å²) in [5, 5.41) is 45.4. The van der Waals surface area contributed by atoms with Gasteiger partial charge in [-0.1, -0.05) is 20.8 Å². The van der Waals surface area contributed by atoms with Gasteiger partial charge >= 0.3 is 0 Å². The molecule has 3 rings (SSSR count). The standard InChI is InChI=1S/C7H14O4.C7H14O2.C6H12O4/c1-3-4-5(8)6(9)7(10-2)11-4;1-4-6-5-8-7(2,3)9-6;1-2-3-4(7)5(8)6(9)10-3/h4-9H,3H2,1-2H3;6H,4-5H2,1-3H3;3-9H,2H2,1H3/t4?,5-,6-,7?;6-;3?,4-,5-,6+/m101/s1. The van der Waals surface area contributed by atoms with E-state index >= 15 is 0 Å². The number of rotatable bonds is 4. The van der Waals surface area contributed by atoms with E-state index in [0.717, 1.165) is 13.0 Å². The van der Waals surface area contributed by atoms with Crippen molar-refractivity contribution in [1.29, 1.82) is 0 Å². The van der Waals surface area contributed by atoms with Crippen molar-refractivity contribution in [2.45, 2.75) is 115 Å². The lowest BCUT2D eigenvalue weighted by molar-refractivity contribution is -0.148. The van der Waals surface area contributed by atoms with Gasteiger partial charge in [-0.3, -0.25) is 0 Å². The van der Waals surface area contributed by atoms with Crippen LogP contribution in [0, 0.1) is 0 Å². The van der Waals surface area contributed by atoms with Gasteiger partial charge in [-0.2, -0.15) is 0 Å². The zero-order valence-electron chi connectivity index (χ0n) is 18.8. The van der Waals surface area contributed by atoms with Crippen LogP contribution in [0.2, 0.25) is 0 Å². The van der Waals surface area contributed by atoms with Gasteiger partial charge in [-0.15, -0.1) is 0 Å². The second-order valence-electron chi connectivity index (χ2n) is 7.98. The molecule has 10 nitrogen and oxygen atoms in total. The molecule has 0 aromatic rings.